The summed E-state index contributed by atoms with van der Waals surface area (Å²) in [6.45, 7) is 3.28. The predicted octanol–water partition coefficient (Wildman–Crippen LogP) is 0.616. The number of carboxylic acid groups (broad SMARTS) is 1. The van der Waals surface area contributed by atoms with Crippen molar-refractivity contribution in [1.82, 2.24) is 10.2 Å². The molecule has 19 heavy (non-hydrogen) atoms. The molecule has 1 saturated heterocycles. The number of amides is 2. The molecular formula is C13H22N2O4. The first-order valence-corrected chi connectivity index (χ1v) is 6.81. The van der Waals surface area contributed by atoms with E-state index in [1.165, 1.54) is 0 Å². The number of hydrogen-bond acceptors (Lipinski definition) is 3. The number of hydrogen-bond donors (Lipinski definition) is 2. The zero-order chi connectivity index (χ0) is 14.3. The van der Waals surface area contributed by atoms with Crippen LogP contribution in [0.1, 0.15) is 39.0 Å². The van der Waals surface area contributed by atoms with Gasteiger partial charge in [-0.2, -0.15) is 0 Å². The van der Waals surface area contributed by atoms with E-state index in [2.05, 4.69) is 5.32 Å². The summed E-state index contributed by atoms with van der Waals surface area (Å²) in [4.78, 5) is 35.8. The van der Waals surface area contributed by atoms with Crippen molar-refractivity contribution in [3.8, 4) is 0 Å². The summed E-state index contributed by atoms with van der Waals surface area (Å²) in [5, 5.41) is 11.1. The minimum absolute atomic E-state index is 0.0725. The SMILES string of the molecule is CCCC(=O)N1CCCC(C(=O)NCCC(=O)O)C1. The fourth-order valence-corrected chi connectivity index (χ4v) is 2.23. The van der Waals surface area contributed by atoms with Gasteiger partial charge in [0.25, 0.3) is 0 Å². The molecule has 6 heteroatoms. The number of piperidine rings is 1. The van der Waals surface area contributed by atoms with E-state index in [0.717, 1.165) is 25.8 Å². The van der Waals surface area contributed by atoms with E-state index in [-0.39, 0.29) is 30.7 Å². The molecule has 108 valence electrons. The molecule has 0 saturated carbocycles. The molecule has 0 bridgehead atoms. The van der Waals surface area contributed by atoms with Gasteiger partial charge in [0, 0.05) is 26.1 Å². The second-order valence-corrected chi connectivity index (χ2v) is 4.86. The summed E-state index contributed by atoms with van der Waals surface area (Å²) in [6, 6.07) is 0. The summed E-state index contributed by atoms with van der Waals surface area (Å²) in [6.07, 6.45) is 2.84. The maximum Gasteiger partial charge on any atom is 0.305 e. The van der Waals surface area contributed by atoms with Gasteiger partial charge < -0.3 is 15.3 Å². The Hall–Kier alpha value is -1.59. The quantitative estimate of drug-likeness (QED) is 0.740. The van der Waals surface area contributed by atoms with Crippen molar-refractivity contribution < 1.29 is 19.5 Å². The van der Waals surface area contributed by atoms with E-state index in [9.17, 15) is 14.4 Å². The molecule has 1 unspecified atom stereocenters. The van der Waals surface area contributed by atoms with Crippen LogP contribution >= 0.6 is 0 Å². The minimum Gasteiger partial charge on any atom is -0.481 e. The summed E-state index contributed by atoms with van der Waals surface area (Å²) >= 11 is 0. The average molecular weight is 270 g/mol. The van der Waals surface area contributed by atoms with E-state index in [1.54, 1.807) is 4.90 Å². The van der Waals surface area contributed by atoms with Crippen LogP contribution in [0.4, 0.5) is 0 Å². The van der Waals surface area contributed by atoms with Crippen molar-refractivity contribution in [2.45, 2.75) is 39.0 Å². The third-order valence-corrected chi connectivity index (χ3v) is 3.25. The summed E-state index contributed by atoms with van der Waals surface area (Å²) in [5.41, 5.74) is 0. The predicted molar refractivity (Wildman–Crippen MR) is 69.5 cm³/mol. The first-order valence-electron chi connectivity index (χ1n) is 6.81. The maximum absolute atomic E-state index is 11.9. The van der Waals surface area contributed by atoms with E-state index >= 15 is 0 Å². The fraction of sp³-hybridized carbons (Fsp3) is 0.769. The van der Waals surface area contributed by atoms with Crippen molar-refractivity contribution >= 4 is 17.8 Å². The standard InChI is InChI=1S/C13H22N2O4/c1-2-4-11(16)15-8-3-5-10(9-15)13(19)14-7-6-12(17)18/h10H,2-9H2,1H3,(H,14,19)(H,17,18). The van der Waals surface area contributed by atoms with E-state index in [0.29, 0.717) is 13.0 Å². The van der Waals surface area contributed by atoms with E-state index < -0.39 is 5.97 Å². The van der Waals surface area contributed by atoms with Crippen LogP contribution < -0.4 is 5.32 Å². The molecule has 1 aliphatic rings. The van der Waals surface area contributed by atoms with Gasteiger partial charge in [0.15, 0.2) is 0 Å². The molecule has 0 aromatic rings. The molecule has 6 nitrogen and oxygen atoms in total. The lowest BCUT2D eigenvalue weighted by Crippen LogP contribution is -2.45. The lowest BCUT2D eigenvalue weighted by Gasteiger charge is -2.32. The number of nitrogens with one attached hydrogen (secondary N) is 1. The van der Waals surface area contributed by atoms with Crippen LogP contribution in [0.25, 0.3) is 0 Å². The average Bonchev–Trinajstić information content (AvgIpc) is 2.38. The number of likely N-dealkylation sites (tertiary alicyclic amines) is 1. The highest BCUT2D eigenvalue weighted by molar-refractivity contribution is 5.81. The first-order chi connectivity index (χ1) is 9.04. The second kappa shape index (κ2) is 7.76. The van der Waals surface area contributed by atoms with Crippen LogP contribution in [0.5, 0.6) is 0 Å². The lowest BCUT2D eigenvalue weighted by atomic mass is 9.96. The summed E-state index contributed by atoms with van der Waals surface area (Å²) in [5.74, 6) is -1.17. The van der Waals surface area contributed by atoms with Gasteiger partial charge in [-0.1, -0.05) is 6.92 Å². The van der Waals surface area contributed by atoms with Crippen LogP contribution in [0.15, 0.2) is 0 Å². The van der Waals surface area contributed by atoms with Gasteiger partial charge in [0.05, 0.1) is 12.3 Å². The lowest BCUT2D eigenvalue weighted by molar-refractivity contribution is -0.137. The molecule has 2 N–H and O–H groups in total. The fourth-order valence-electron chi connectivity index (χ4n) is 2.23. The van der Waals surface area contributed by atoms with Crippen LogP contribution in [0, 0.1) is 5.92 Å². The Kier molecular flexibility index (Phi) is 6.32. The minimum atomic E-state index is -0.927. The second-order valence-electron chi connectivity index (χ2n) is 4.86. The third kappa shape index (κ3) is 5.28. The van der Waals surface area contributed by atoms with Crippen molar-refractivity contribution in [2.75, 3.05) is 19.6 Å². The van der Waals surface area contributed by atoms with Crippen LogP contribution in [0.3, 0.4) is 0 Å². The molecule has 1 aliphatic heterocycles. The molecule has 0 radical (unpaired) electrons. The monoisotopic (exact) mass is 270 g/mol. The molecule has 1 rings (SSSR count). The van der Waals surface area contributed by atoms with Crippen molar-refractivity contribution in [3.63, 3.8) is 0 Å². The molecule has 1 fully saturated rings. The molecular weight excluding hydrogens is 248 g/mol. The van der Waals surface area contributed by atoms with Gasteiger partial charge in [-0.25, -0.2) is 0 Å². The first kappa shape index (κ1) is 15.5. The number of rotatable bonds is 6. The highest BCUT2D eigenvalue weighted by atomic mass is 16.4. The van der Waals surface area contributed by atoms with Gasteiger partial charge in [-0.3, -0.25) is 14.4 Å². The van der Waals surface area contributed by atoms with Gasteiger partial charge in [0.1, 0.15) is 0 Å². The van der Waals surface area contributed by atoms with Gasteiger partial charge in [-0.05, 0) is 19.3 Å². The third-order valence-electron chi connectivity index (χ3n) is 3.25. The van der Waals surface area contributed by atoms with Crippen molar-refractivity contribution in [1.29, 1.82) is 0 Å². The topological polar surface area (TPSA) is 86.7 Å². The number of carboxylic acids is 1. The molecule has 0 aromatic heterocycles. The van der Waals surface area contributed by atoms with Crippen LogP contribution in [0.2, 0.25) is 0 Å². The zero-order valence-corrected chi connectivity index (χ0v) is 11.4. The Balaban J connectivity index is 2.38. The van der Waals surface area contributed by atoms with Crippen molar-refractivity contribution in [3.05, 3.63) is 0 Å². The normalized spacial score (nSPS) is 19.0. The molecule has 0 spiro atoms. The highest BCUT2D eigenvalue weighted by Crippen LogP contribution is 2.17. The molecule has 1 atom stereocenters. The molecule has 1 heterocycles. The Labute approximate surface area is 113 Å². The zero-order valence-electron chi connectivity index (χ0n) is 11.4. The van der Waals surface area contributed by atoms with E-state index in [4.69, 9.17) is 5.11 Å². The Morgan fingerprint density at radius 2 is 2.05 bits per heavy atom. The summed E-state index contributed by atoms with van der Waals surface area (Å²) < 4.78 is 0. The van der Waals surface area contributed by atoms with E-state index in [1.807, 2.05) is 6.92 Å². The molecule has 2 amide bonds. The molecule has 0 aromatic carbocycles. The molecule has 0 aliphatic carbocycles. The number of carbonyl (C=O) groups is 3. The van der Waals surface area contributed by atoms with Gasteiger partial charge in [0.2, 0.25) is 11.8 Å². The largest absolute Gasteiger partial charge is 0.481 e. The highest BCUT2D eigenvalue weighted by Gasteiger charge is 2.27. The summed E-state index contributed by atoms with van der Waals surface area (Å²) in [7, 11) is 0. The maximum atomic E-state index is 11.9. The smallest absolute Gasteiger partial charge is 0.305 e. The number of nitrogens with zero attached hydrogens (tertiary/aromatic N) is 1. The number of carbonyl (C=O) groups excluding carboxylic acids is 2. The van der Waals surface area contributed by atoms with Gasteiger partial charge >= 0.3 is 5.97 Å². The number of aliphatic carboxylic acids is 1. The Morgan fingerprint density at radius 1 is 1.32 bits per heavy atom. The van der Waals surface area contributed by atoms with Crippen LogP contribution in [-0.4, -0.2) is 47.4 Å². The van der Waals surface area contributed by atoms with Crippen molar-refractivity contribution in [2.24, 2.45) is 5.92 Å². The van der Waals surface area contributed by atoms with Crippen LogP contribution in [-0.2, 0) is 14.4 Å². The Bertz CT molecular complexity index is 344. The van der Waals surface area contributed by atoms with Gasteiger partial charge in [-0.15, -0.1) is 0 Å². The Morgan fingerprint density at radius 3 is 2.68 bits per heavy atom.